The SMILES string of the molecule is CN(C)C(=O)Cn1cc(C(=O)O)c2c(Cl)cccc21. The lowest BCUT2D eigenvalue weighted by molar-refractivity contribution is -0.129. The van der Waals surface area contributed by atoms with Crippen molar-refractivity contribution in [3.05, 3.63) is 35.0 Å². The molecule has 0 aliphatic rings. The van der Waals surface area contributed by atoms with Gasteiger partial charge in [0.1, 0.15) is 6.54 Å². The van der Waals surface area contributed by atoms with Crippen molar-refractivity contribution >= 4 is 34.4 Å². The highest BCUT2D eigenvalue weighted by Crippen LogP contribution is 2.28. The summed E-state index contributed by atoms with van der Waals surface area (Å²) >= 11 is 6.05. The maximum Gasteiger partial charge on any atom is 0.337 e. The minimum Gasteiger partial charge on any atom is -0.478 e. The Labute approximate surface area is 115 Å². The molecule has 0 aliphatic heterocycles. The van der Waals surface area contributed by atoms with Crippen molar-refractivity contribution in [2.24, 2.45) is 0 Å². The van der Waals surface area contributed by atoms with Crippen molar-refractivity contribution in [1.82, 2.24) is 9.47 Å². The van der Waals surface area contributed by atoms with Crippen molar-refractivity contribution in [2.75, 3.05) is 14.1 Å². The summed E-state index contributed by atoms with van der Waals surface area (Å²) in [5, 5.41) is 10.0. The second-order valence-corrected chi connectivity index (χ2v) is 4.81. The average Bonchev–Trinajstić information content (AvgIpc) is 2.70. The fourth-order valence-electron chi connectivity index (χ4n) is 1.89. The normalized spacial score (nSPS) is 10.7. The van der Waals surface area contributed by atoms with Gasteiger partial charge in [0.05, 0.1) is 16.1 Å². The van der Waals surface area contributed by atoms with Crippen molar-refractivity contribution in [3.63, 3.8) is 0 Å². The first-order valence-electron chi connectivity index (χ1n) is 5.62. The van der Waals surface area contributed by atoms with Crippen LogP contribution >= 0.6 is 11.6 Å². The van der Waals surface area contributed by atoms with Gasteiger partial charge in [0.15, 0.2) is 0 Å². The standard InChI is InChI=1S/C13H13ClN2O3/c1-15(2)11(17)7-16-6-8(13(18)19)12-9(14)4-3-5-10(12)16/h3-6H,7H2,1-2H3,(H,18,19). The molecule has 0 bridgehead atoms. The highest BCUT2D eigenvalue weighted by atomic mass is 35.5. The fourth-order valence-corrected chi connectivity index (χ4v) is 2.16. The van der Waals surface area contributed by atoms with Crippen LogP contribution in [0.5, 0.6) is 0 Å². The lowest BCUT2D eigenvalue weighted by Gasteiger charge is -2.11. The van der Waals surface area contributed by atoms with E-state index in [1.54, 1.807) is 36.9 Å². The van der Waals surface area contributed by atoms with E-state index in [-0.39, 0.29) is 18.0 Å². The Bertz CT molecular complexity index is 661. The van der Waals surface area contributed by atoms with Gasteiger partial charge >= 0.3 is 5.97 Å². The van der Waals surface area contributed by atoms with Gasteiger partial charge in [-0.2, -0.15) is 0 Å². The smallest absolute Gasteiger partial charge is 0.337 e. The third-order valence-corrected chi connectivity index (χ3v) is 3.21. The average molecular weight is 281 g/mol. The van der Waals surface area contributed by atoms with E-state index >= 15 is 0 Å². The van der Waals surface area contributed by atoms with E-state index in [0.717, 1.165) is 0 Å². The molecule has 100 valence electrons. The Morgan fingerprint density at radius 2 is 2.05 bits per heavy atom. The predicted molar refractivity (Wildman–Crippen MR) is 72.6 cm³/mol. The van der Waals surface area contributed by atoms with Gasteiger partial charge in [-0.3, -0.25) is 4.79 Å². The van der Waals surface area contributed by atoms with E-state index in [0.29, 0.717) is 15.9 Å². The number of fused-ring (bicyclic) bond motifs is 1. The number of amides is 1. The minimum atomic E-state index is -1.06. The molecule has 0 spiro atoms. The van der Waals surface area contributed by atoms with Gasteiger partial charge in [-0.15, -0.1) is 0 Å². The van der Waals surface area contributed by atoms with Crippen LogP contribution in [0.25, 0.3) is 10.9 Å². The summed E-state index contributed by atoms with van der Waals surface area (Å²) in [4.78, 5) is 24.4. The summed E-state index contributed by atoms with van der Waals surface area (Å²) in [5.41, 5.74) is 0.743. The van der Waals surface area contributed by atoms with Crippen LogP contribution in [0.15, 0.2) is 24.4 Å². The Hall–Kier alpha value is -2.01. The molecule has 0 atom stereocenters. The first-order chi connectivity index (χ1) is 8.91. The summed E-state index contributed by atoms with van der Waals surface area (Å²) in [6, 6.07) is 5.11. The van der Waals surface area contributed by atoms with Gasteiger partial charge in [0, 0.05) is 25.7 Å². The second-order valence-electron chi connectivity index (χ2n) is 4.40. The Balaban J connectivity index is 2.60. The maximum absolute atomic E-state index is 11.7. The van der Waals surface area contributed by atoms with E-state index in [2.05, 4.69) is 0 Å². The molecule has 1 aromatic carbocycles. The number of halogens is 1. The van der Waals surface area contributed by atoms with Gasteiger partial charge in [-0.05, 0) is 12.1 Å². The molecule has 0 aliphatic carbocycles. The molecule has 1 N–H and O–H groups in total. The predicted octanol–water partition coefficient (Wildman–Crippen LogP) is 2.08. The van der Waals surface area contributed by atoms with E-state index in [1.165, 1.54) is 11.1 Å². The largest absolute Gasteiger partial charge is 0.478 e. The Morgan fingerprint density at radius 1 is 1.37 bits per heavy atom. The molecule has 0 saturated carbocycles. The summed E-state index contributed by atoms with van der Waals surface area (Å²) in [6.07, 6.45) is 1.44. The molecule has 1 heterocycles. The van der Waals surface area contributed by atoms with Gasteiger partial charge in [-0.1, -0.05) is 17.7 Å². The number of hydrogen-bond donors (Lipinski definition) is 1. The van der Waals surface area contributed by atoms with E-state index in [1.807, 2.05) is 0 Å². The molecule has 1 amide bonds. The highest BCUT2D eigenvalue weighted by Gasteiger charge is 2.18. The van der Waals surface area contributed by atoms with E-state index in [4.69, 9.17) is 11.6 Å². The molecular weight excluding hydrogens is 268 g/mol. The third kappa shape index (κ3) is 2.42. The molecule has 0 unspecified atom stereocenters. The number of rotatable bonds is 3. The first kappa shape index (κ1) is 13.4. The number of benzene rings is 1. The Kier molecular flexibility index (Phi) is 3.48. The summed E-state index contributed by atoms with van der Waals surface area (Å²) in [5.74, 6) is -1.18. The number of carbonyl (C=O) groups is 2. The number of nitrogens with zero attached hydrogens (tertiary/aromatic N) is 2. The number of aromatic carboxylic acids is 1. The molecule has 6 heteroatoms. The van der Waals surface area contributed by atoms with E-state index in [9.17, 15) is 14.7 Å². The van der Waals surface area contributed by atoms with Crippen LogP contribution in [0.2, 0.25) is 5.02 Å². The lowest BCUT2D eigenvalue weighted by Crippen LogP contribution is -2.25. The van der Waals surface area contributed by atoms with E-state index < -0.39 is 5.97 Å². The minimum absolute atomic E-state index is 0.0805. The quantitative estimate of drug-likeness (QED) is 0.936. The van der Waals surface area contributed by atoms with Gasteiger partial charge in [0.2, 0.25) is 5.91 Å². The van der Waals surface area contributed by atoms with Crippen LogP contribution in [-0.4, -0.2) is 40.5 Å². The first-order valence-corrected chi connectivity index (χ1v) is 6.00. The van der Waals surface area contributed by atoms with Crippen LogP contribution < -0.4 is 0 Å². The zero-order valence-corrected chi connectivity index (χ0v) is 11.3. The number of carboxylic acid groups (broad SMARTS) is 1. The van der Waals surface area contributed by atoms with Crippen LogP contribution in [-0.2, 0) is 11.3 Å². The topological polar surface area (TPSA) is 62.5 Å². The fraction of sp³-hybridized carbons (Fsp3) is 0.231. The Morgan fingerprint density at radius 3 is 2.63 bits per heavy atom. The summed E-state index contributed by atoms with van der Waals surface area (Å²) < 4.78 is 1.60. The zero-order chi connectivity index (χ0) is 14.2. The summed E-state index contributed by atoms with van der Waals surface area (Å²) in [7, 11) is 3.30. The van der Waals surface area contributed by atoms with Crippen molar-refractivity contribution in [2.45, 2.75) is 6.54 Å². The molecule has 0 saturated heterocycles. The van der Waals surface area contributed by atoms with Crippen LogP contribution in [0.1, 0.15) is 10.4 Å². The van der Waals surface area contributed by atoms with Crippen molar-refractivity contribution in [3.8, 4) is 0 Å². The number of likely N-dealkylation sites (N-methyl/N-ethyl adjacent to an activating group) is 1. The van der Waals surface area contributed by atoms with Crippen LogP contribution in [0.4, 0.5) is 0 Å². The second kappa shape index (κ2) is 4.93. The number of carbonyl (C=O) groups excluding carboxylic acids is 1. The highest BCUT2D eigenvalue weighted by molar-refractivity contribution is 6.36. The number of aromatic nitrogens is 1. The zero-order valence-electron chi connectivity index (χ0n) is 10.6. The van der Waals surface area contributed by atoms with Gasteiger partial charge in [-0.25, -0.2) is 4.79 Å². The molecule has 2 aromatic rings. The van der Waals surface area contributed by atoms with Crippen LogP contribution in [0.3, 0.4) is 0 Å². The summed E-state index contributed by atoms with van der Waals surface area (Å²) in [6.45, 7) is 0.0805. The molecule has 19 heavy (non-hydrogen) atoms. The third-order valence-electron chi connectivity index (χ3n) is 2.89. The molecule has 2 rings (SSSR count). The number of hydrogen-bond acceptors (Lipinski definition) is 2. The molecule has 0 fully saturated rings. The number of carboxylic acids is 1. The van der Waals surface area contributed by atoms with Gasteiger partial charge in [0.25, 0.3) is 0 Å². The molecule has 0 radical (unpaired) electrons. The van der Waals surface area contributed by atoms with Crippen LogP contribution in [0, 0.1) is 0 Å². The molecule has 1 aromatic heterocycles. The lowest BCUT2D eigenvalue weighted by atomic mass is 10.2. The van der Waals surface area contributed by atoms with Crippen molar-refractivity contribution in [1.29, 1.82) is 0 Å². The maximum atomic E-state index is 11.7. The molecular formula is C13H13ClN2O3. The molecule has 5 nitrogen and oxygen atoms in total. The monoisotopic (exact) mass is 280 g/mol. The van der Waals surface area contributed by atoms with Crippen molar-refractivity contribution < 1.29 is 14.7 Å². The van der Waals surface area contributed by atoms with Gasteiger partial charge < -0.3 is 14.6 Å².